The summed E-state index contributed by atoms with van der Waals surface area (Å²) in [6.45, 7) is 1.98. The van der Waals surface area contributed by atoms with Crippen LogP contribution < -0.4 is 16.0 Å². The zero-order chi connectivity index (χ0) is 21.1. The third-order valence-electron chi connectivity index (χ3n) is 4.86. The van der Waals surface area contributed by atoms with Crippen molar-refractivity contribution in [1.29, 1.82) is 0 Å². The predicted octanol–water partition coefficient (Wildman–Crippen LogP) is 4.23. The zero-order valence-electron chi connectivity index (χ0n) is 16.6. The molecule has 0 bridgehead atoms. The Morgan fingerprint density at radius 2 is 1.73 bits per heavy atom. The van der Waals surface area contributed by atoms with Crippen LogP contribution >= 0.6 is 0 Å². The van der Waals surface area contributed by atoms with Gasteiger partial charge in [-0.15, -0.1) is 0 Å². The van der Waals surface area contributed by atoms with Crippen molar-refractivity contribution in [1.82, 2.24) is 15.3 Å². The van der Waals surface area contributed by atoms with Crippen LogP contribution in [0.25, 0.3) is 10.9 Å². The lowest BCUT2D eigenvalue weighted by atomic mass is 10.1. The first-order valence-corrected chi connectivity index (χ1v) is 9.49. The lowest BCUT2D eigenvalue weighted by Crippen LogP contribution is -2.19. The summed E-state index contributed by atoms with van der Waals surface area (Å²) in [6, 6.07) is 16.9. The number of fused-ring (bicyclic) bond motifs is 1. The molecule has 30 heavy (non-hydrogen) atoms. The molecule has 0 aliphatic rings. The third-order valence-corrected chi connectivity index (χ3v) is 4.86. The van der Waals surface area contributed by atoms with Gasteiger partial charge < -0.3 is 20.9 Å². The number of nitrogens with zero attached hydrogens (tertiary/aromatic N) is 1. The number of carbonyl (C=O) groups is 2. The molecule has 4 rings (SSSR count). The molecule has 0 saturated carbocycles. The molecular formula is C23H21N5O2. The summed E-state index contributed by atoms with van der Waals surface area (Å²) in [6.07, 6.45) is 3.14. The van der Waals surface area contributed by atoms with Crippen LogP contribution in [0.15, 0.2) is 67.0 Å². The number of hydrogen-bond donors (Lipinski definition) is 4. The van der Waals surface area contributed by atoms with Crippen molar-refractivity contribution in [2.75, 3.05) is 17.7 Å². The molecule has 4 aromatic rings. The first-order valence-electron chi connectivity index (χ1n) is 9.49. The summed E-state index contributed by atoms with van der Waals surface area (Å²) in [5.74, 6) is -0.131. The Morgan fingerprint density at radius 3 is 2.53 bits per heavy atom. The minimum absolute atomic E-state index is 0.285. The Kier molecular flexibility index (Phi) is 5.17. The number of rotatable bonds is 5. The SMILES string of the molecule is CNC(=O)c1cnc(Nc2ccccc2C)c(NC(=O)c2c[nH]c3ccccc23)c1. The molecule has 0 aliphatic carbocycles. The highest BCUT2D eigenvalue weighted by Gasteiger charge is 2.17. The molecule has 150 valence electrons. The van der Waals surface area contributed by atoms with E-state index in [1.165, 1.54) is 6.20 Å². The van der Waals surface area contributed by atoms with Crippen LogP contribution in [0.1, 0.15) is 26.3 Å². The number of aromatic nitrogens is 2. The van der Waals surface area contributed by atoms with E-state index in [2.05, 4.69) is 25.9 Å². The maximum Gasteiger partial charge on any atom is 0.257 e. The van der Waals surface area contributed by atoms with Crippen molar-refractivity contribution in [2.45, 2.75) is 6.92 Å². The fourth-order valence-electron chi connectivity index (χ4n) is 3.22. The lowest BCUT2D eigenvalue weighted by Gasteiger charge is -2.15. The highest BCUT2D eigenvalue weighted by atomic mass is 16.2. The van der Waals surface area contributed by atoms with Crippen LogP contribution in [0.5, 0.6) is 0 Å². The Bertz CT molecular complexity index is 1250. The summed E-state index contributed by atoms with van der Waals surface area (Å²) in [5.41, 5.74) is 4.04. The Morgan fingerprint density at radius 1 is 0.967 bits per heavy atom. The number of nitrogens with one attached hydrogen (secondary N) is 4. The van der Waals surface area contributed by atoms with Gasteiger partial charge in [-0.1, -0.05) is 36.4 Å². The van der Waals surface area contributed by atoms with Crippen LogP contribution in [-0.2, 0) is 0 Å². The van der Waals surface area contributed by atoms with Crippen molar-refractivity contribution in [3.05, 3.63) is 83.7 Å². The number of aryl methyl sites for hydroxylation is 1. The normalized spacial score (nSPS) is 10.6. The van der Waals surface area contributed by atoms with Crippen LogP contribution in [0.2, 0.25) is 0 Å². The Balaban J connectivity index is 1.71. The maximum atomic E-state index is 13.0. The monoisotopic (exact) mass is 399 g/mol. The van der Waals surface area contributed by atoms with Crippen molar-refractivity contribution in [3.8, 4) is 0 Å². The van der Waals surface area contributed by atoms with E-state index in [-0.39, 0.29) is 11.8 Å². The largest absolute Gasteiger partial charge is 0.360 e. The number of para-hydroxylation sites is 2. The minimum Gasteiger partial charge on any atom is -0.360 e. The second-order valence-electron chi connectivity index (χ2n) is 6.84. The van der Waals surface area contributed by atoms with Crippen molar-refractivity contribution < 1.29 is 9.59 Å². The third kappa shape index (κ3) is 3.73. The molecule has 2 amide bonds. The van der Waals surface area contributed by atoms with Gasteiger partial charge in [0.15, 0.2) is 5.82 Å². The molecule has 2 heterocycles. The highest BCUT2D eigenvalue weighted by Crippen LogP contribution is 2.27. The van der Waals surface area contributed by atoms with Crippen LogP contribution in [-0.4, -0.2) is 28.8 Å². The molecule has 0 radical (unpaired) electrons. The minimum atomic E-state index is -0.295. The summed E-state index contributed by atoms with van der Waals surface area (Å²) < 4.78 is 0. The van der Waals surface area contributed by atoms with Gasteiger partial charge in [0.25, 0.3) is 11.8 Å². The molecule has 0 fully saturated rings. The number of anilines is 3. The van der Waals surface area contributed by atoms with Gasteiger partial charge in [-0.3, -0.25) is 9.59 Å². The summed E-state index contributed by atoms with van der Waals surface area (Å²) in [5, 5.41) is 9.54. The second-order valence-corrected chi connectivity index (χ2v) is 6.84. The zero-order valence-corrected chi connectivity index (χ0v) is 16.6. The van der Waals surface area contributed by atoms with Gasteiger partial charge in [0, 0.05) is 36.0 Å². The number of hydrogen-bond acceptors (Lipinski definition) is 4. The number of amides is 2. The molecule has 0 spiro atoms. The van der Waals surface area contributed by atoms with E-state index in [1.807, 2.05) is 55.5 Å². The fraction of sp³-hybridized carbons (Fsp3) is 0.0870. The van der Waals surface area contributed by atoms with E-state index in [1.54, 1.807) is 19.3 Å². The van der Waals surface area contributed by atoms with Crippen molar-refractivity contribution in [2.24, 2.45) is 0 Å². The quantitative estimate of drug-likeness (QED) is 0.404. The molecular weight excluding hydrogens is 378 g/mol. The van der Waals surface area contributed by atoms with E-state index >= 15 is 0 Å². The molecule has 7 nitrogen and oxygen atoms in total. The molecule has 2 aromatic carbocycles. The Hall–Kier alpha value is -4.13. The second kappa shape index (κ2) is 8.08. The molecule has 0 unspecified atom stereocenters. The van der Waals surface area contributed by atoms with E-state index in [0.29, 0.717) is 22.6 Å². The van der Waals surface area contributed by atoms with Gasteiger partial charge in [-0.25, -0.2) is 4.98 Å². The number of aromatic amines is 1. The van der Waals surface area contributed by atoms with Crippen LogP contribution in [0.3, 0.4) is 0 Å². The lowest BCUT2D eigenvalue weighted by molar-refractivity contribution is 0.0961. The number of benzene rings is 2. The van der Waals surface area contributed by atoms with Gasteiger partial charge in [-0.05, 0) is 30.7 Å². The van der Waals surface area contributed by atoms with Gasteiger partial charge >= 0.3 is 0 Å². The average molecular weight is 399 g/mol. The highest BCUT2D eigenvalue weighted by molar-refractivity contribution is 6.14. The average Bonchev–Trinajstić information content (AvgIpc) is 3.20. The molecule has 7 heteroatoms. The molecule has 0 atom stereocenters. The first kappa shape index (κ1) is 19.2. The van der Waals surface area contributed by atoms with Gasteiger partial charge in [0.05, 0.1) is 16.8 Å². The van der Waals surface area contributed by atoms with E-state index in [9.17, 15) is 9.59 Å². The van der Waals surface area contributed by atoms with Crippen LogP contribution in [0, 0.1) is 6.92 Å². The van der Waals surface area contributed by atoms with Gasteiger partial charge in [0.1, 0.15) is 0 Å². The summed E-state index contributed by atoms with van der Waals surface area (Å²) in [4.78, 5) is 32.6. The molecule has 0 saturated heterocycles. The Labute approximate surface area is 173 Å². The molecule has 2 aromatic heterocycles. The van der Waals surface area contributed by atoms with E-state index in [0.717, 1.165) is 22.2 Å². The maximum absolute atomic E-state index is 13.0. The topological polar surface area (TPSA) is 98.9 Å². The standard InChI is InChI=1S/C23H21N5O2/c1-14-7-3-5-9-18(14)27-21-20(11-15(12-26-21)22(29)24-2)28-23(30)17-13-25-19-10-6-4-8-16(17)19/h3-13,25H,1-2H3,(H,24,29)(H,26,27)(H,28,30). The number of carbonyl (C=O) groups excluding carboxylic acids is 2. The summed E-state index contributed by atoms with van der Waals surface area (Å²) in [7, 11) is 1.55. The van der Waals surface area contributed by atoms with Crippen molar-refractivity contribution in [3.63, 3.8) is 0 Å². The van der Waals surface area contributed by atoms with Crippen molar-refractivity contribution >= 4 is 39.9 Å². The summed E-state index contributed by atoms with van der Waals surface area (Å²) >= 11 is 0. The van der Waals surface area contributed by atoms with Gasteiger partial charge in [0.2, 0.25) is 0 Å². The van der Waals surface area contributed by atoms with Gasteiger partial charge in [-0.2, -0.15) is 0 Å². The fourth-order valence-corrected chi connectivity index (χ4v) is 3.22. The number of pyridine rings is 1. The molecule has 0 aliphatic heterocycles. The predicted molar refractivity (Wildman–Crippen MR) is 118 cm³/mol. The first-order chi connectivity index (χ1) is 14.6. The molecule has 4 N–H and O–H groups in total. The van der Waals surface area contributed by atoms with E-state index < -0.39 is 0 Å². The smallest absolute Gasteiger partial charge is 0.257 e. The van der Waals surface area contributed by atoms with Crippen LogP contribution in [0.4, 0.5) is 17.2 Å². The number of H-pyrrole nitrogens is 1. The van der Waals surface area contributed by atoms with E-state index in [4.69, 9.17) is 0 Å².